The molecular formula is C37H37BrF2N10O6S2. The van der Waals surface area contributed by atoms with Gasteiger partial charge < -0.3 is 39.5 Å². The molecule has 0 spiro atoms. The van der Waals surface area contributed by atoms with E-state index < -0.39 is 11.9 Å². The number of carbonyl (C=O) groups is 2. The van der Waals surface area contributed by atoms with Gasteiger partial charge in [0.25, 0.3) is 0 Å². The normalized spacial score (nSPS) is 15.0. The summed E-state index contributed by atoms with van der Waals surface area (Å²) < 4.78 is 39.6. The molecule has 21 heteroatoms. The van der Waals surface area contributed by atoms with Crippen LogP contribution in [0.1, 0.15) is 31.2 Å². The van der Waals surface area contributed by atoms with Crippen molar-refractivity contribution in [2.24, 2.45) is 0 Å². The number of aryl methyl sites for hydroxylation is 1. The number of aliphatic carboxylic acids is 2. The zero-order valence-electron chi connectivity index (χ0n) is 30.9. The van der Waals surface area contributed by atoms with Gasteiger partial charge in [0.1, 0.15) is 46.4 Å². The summed E-state index contributed by atoms with van der Waals surface area (Å²) in [6.45, 7) is 4.74. The largest absolute Gasteiger partial charge is 0.490 e. The van der Waals surface area contributed by atoms with Gasteiger partial charge in [-0.2, -0.15) is 9.97 Å². The highest BCUT2D eigenvalue weighted by molar-refractivity contribution is 9.10. The second-order valence-electron chi connectivity index (χ2n) is 13.4. The Kier molecular flexibility index (Phi) is 13.1. The Labute approximate surface area is 346 Å². The van der Waals surface area contributed by atoms with E-state index in [1.165, 1.54) is 24.3 Å². The van der Waals surface area contributed by atoms with Crippen molar-refractivity contribution >= 4 is 85.6 Å². The number of anilines is 2. The molecule has 0 bridgehead atoms. The standard InChI is InChI=1S/C19H20FN5O3S.C18H17BrFN5O3S/c1-11-2-3-12(20)8-15(11)28-13-4-6-25(7-5-13)18-21-9-14-17(23-18)24-19(22-14)29-10-16(26)27;19-12-2-1-10(20)7-14(12)28-11-3-5-25(6-4-11)17-21-8-13-16(23-17)24-18(22-13)29-9-15(26)27/h2-3,8-9,13H,4-7,10H2,1H3,(H,26,27)(H,21,22,23,24);1-2,7-8,11H,3-6,9H2,(H,26,27)(H,21,22,23,24). The predicted molar refractivity (Wildman–Crippen MR) is 217 cm³/mol. The third-order valence-corrected chi connectivity index (χ3v) is 11.5. The Balaban J connectivity index is 0.000000177. The zero-order valence-corrected chi connectivity index (χ0v) is 34.1. The van der Waals surface area contributed by atoms with Crippen molar-refractivity contribution in [1.29, 1.82) is 0 Å². The van der Waals surface area contributed by atoms with Crippen molar-refractivity contribution < 1.29 is 38.1 Å². The summed E-state index contributed by atoms with van der Waals surface area (Å²) in [5, 5.41) is 18.6. The van der Waals surface area contributed by atoms with E-state index >= 15 is 0 Å². The maximum Gasteiger partial charge on any atom is 0.313 e. The lowest BCUT2D eigenvalue weighted by Crippen LogP contribution is -2.39. The molecule has 16 nitrogen and oxygen atoms in total. The van der Waals surface area contributed by atoms with Crippen LogP contribution in [0, 0.1) is 18.6 Å². The maximum absolute atomic E-state index is 13.5. The number of thioether (sulfide) groups is 2. The predicted octanol–water partition coefficient (Wildman–Crippen LogP) is 6.50. The van der Waals surface area contributed by atoms with E-state index in [9.17, 15) is 18.4 Å². The summed E-state index contributed by atoms with van der Waals surface area (Å²) in [5.41, 5.74) is 3.26. The number of carboxylic acid groups (broad SMARTS) is 2. The van der Waals surface area contributed by atoms with E-state index in [1.807, 2.05) is 6.92 Å². The molecule has 4 aromatic heterocycles. The number of benzene rings is 2. The molecule has 0 radical (unpaired) electrons. The molecule has 2 aromatic carbocycles. The molecule has 0 amide bonds. The first-order valence-corrected chi connectivity index (χ1v) is 20.9. The average Bonchev–Trinajstić information content (AvgIpc) is 3.83. The van der Waals surface area contributed by atoms with Crippen LogP contribution >= 0.6 is 39.5 Å². The van der Waals surface area contributed by atoms with E-state index in [2.05, 4.69) is 65.6 Å². The quantitative estimate of drug-likeness (QED) is 0.0966. The highest BCUT2D eigenvalue weighted by Crippen LogP contribution is 2.30. The maximum atomic E-state index is 13.5. The number of hydrogen-bond donors (Lipinski definition) is 4. The fraction of sp³-hybridized carbons (Fsp3) is 0.351. The monoisotopic (exact) mass is 898 g/mol. The lowest BCUT2D eigenvalue weighted by atomic mass is 10.1. The van der Waals surface area contributed by atoms with Crippen LogP contribution in [0.15, 0.2) is 63.6 Å². The molecule has 2 aliphatic heterocycles. The summed E-state index contributed by atoms with van der Waals surface area (Å²) in [5.74, 6) is -0.338. The Morgan fingerprint density at radius 1 is 0.741 bits per heavy atom. The fourth-order valence-corrected chi connectivity index (χ4v) is 7.76. The number of H-pyrrole nitrogens is 2. The number of ether oxygens (including phenoxy) is 2. The van der Waals surface area contributed by atoms with Crippen LogP contribution < -0.4 is 19.3 Å². The van der Waals surface area contributed by atoms with Crippen molar-refractivity contribution in [3.05, 3.63) is 70.5 Å². The average molecular weight is 900 g/mol. The third kappa shape index (κ3) is 10.6. The first-order chi connectivity index (χ1) is 27.9. The summed E-state index contributed by atoms with van der Waals surface area (Å²) in [6.07, 6.45) is 6.37. The number of fused-ring (bicyclic) bond motifs is 2. The number of nitrogens with one attached hydrogen (secondary N) is 2. The van der Waals surface area contributed by atoms with E-state index in [1.54, 1.807) is 24.5 Å². The first kappa shape index (κ1) is 40.9. The number of nitrogens with zero attached hydrogens (tertiary/aromatic N) is 8. The van der Waals surface area contributed by atoms with Gasteiger partial charge in [-0.3, -0.25) is 9.59 Å². The Hall–Kier alpha value is -5.28. The van der Waals surface area contributed by atoms with E-state index in [4.69, 9.17) is 19.7 Å². The van der Waals surface area contributed by atoms with Crippen molar-refractivity contribution in [3.8, 4) is 11.5 Å². The van der Waals surface area contributed by atoms with Gasteiger partial charge >= 0.3 is 11.9 Å². The molecule has 0 saturated carbocycles. The lowest BCUT2D eigenvalue weighted by Gasteiger charge is -2.32. The second kappa shape index (κ2) is 18.5. The van der Waals surface area contributed by atoms with Crippen LogP contribution in [0.3, 0.4) is 0 Å². The van der Waals surface area contributed by atoms with Crippen LogP contribution in [0.4, 0.5) is 20.7 Å². The number of hydrogen-bond acceptors (Lipinski definition) is 14. The number of aromatic amines is 2. The number of piperidine rings is 2. The molecule has 8 rings (SSSR count). The van der Waals surface area contributed by atoms with E-state index in [0.717, 1.165) is 72.3 Å². The van der Waals surface area contributed by atoms with Gasteiger partial charge in [-0.15, -0.1) is 0 Å². The van der Waals surface area contributed by atoms with Crippen LogP contribution in [0.25, 0.3) is 22.3 Å². The summed E-state index contributed by atoms with van der Waals surface area (Å²) >= 11 is 5.60. The molecule has 6 aromatic rings. The molecule has 2 aliphatic rings. The number of rotatable bonds is 12. The van der Waals surface area contributed by atoms with E-state index in [-0.39, 0.29) is 35.3 Å². The van der Waals surface area contributed by atoms with Crippen molar-refractivity contribution in [1.82, 2.24) is 39.9 Å². The SMILES string of the molecule is Cc1ccc(F)cc1OC1CCN(c2ncc3[nH]c(SCC(=O)O)nc3n2)CC1.O=C(O)CSc1nc2nc(N3CCC(Oc4cc(F)ccc4Br)CC3)ncc2[nH]1. The van der Waals surface area contributed by atoms with Gasteiger partial charge in [-0.25, -0.2) is 28.7 Å². The Morgan fingerprint density at radius 2 is 1.19 bits per heavy atom. The topological polar surface area (TPSA) is 208 Å². The smallest absolute Gasteiger partial charge is 0.313 e. The molecule has 2 saturated heterocycles. The summed E-state index contributed by atoms with van der Waals surface area (Å²) in [7, 11) is 0. The molecule has 4 N–H and O–H groups in total. The minimum absolute atomic E-state index is 0.0138. The molecule has 0 aliphatic carbocycles. The van der Waals surface area contributed by atoms with Gasteiger partial charge in [-0.1, -0.05) is 29.6 Å². The van der Waals surface area contributed by atoms with Crippen molar-refractivity contribution in [2.75, 3.05) is 47.5 Å². The molecular weight excluding hydrogens is 863 g/mol. The Morgan fingerprint density at radius 3 is 1.67 bits per heavy atom. The minimum atomic E-state index is -0.905. The van der Waals surface area contributed by atoms with Gasteiger partial charge in [0.05, 0.1) is 28.4 Å². The Bertz CT molecular complexity index is 2240. The van der Waals surface area contributed by atoms with Crippen molar-refractivity contribution in [2.45, 2.75) is 55.1 Å². The van der Waals surface area contributed by atoms with E-state index in [0.29, 0.717) is 69.1 Å². The minimum Gasteiger partial charge on any atom is -0.490 e. The fourth-order valence-electron chi connectivity index (χ4n) is 6.23. The summed E-state index contributed by atoms with van der Waals surface area (Å²) in [6, 6.07) is 8.97. The molecule has 58 heavy (non-hydrogen) atoms. The number of aromatic nitrogens is 8. The molecule has 2 fully saturated rings. The van der Waals surface area contributed by atoms with Gasteiger partial charge in [0.2, 0.25) is 11.9 Å². The van der Waals surface area contributed by atoms with Crippen LogP contribution in [-0.2, 0) is 9.59 Å². The van der Waals surface area contributed by atoms with Gasteiger partial charge in [0, 0.05) is 64.0 Å². The van der Waals surface area contributed by atoms with Crippen LogP contribution in [0.2, 0.25) is 0 Å². The lowest BCUT2D eigenvalue weighted by molar-refractivity contribution is -0.134. The van der Waals surface area contributed by atoms with Crippen LogP contribution in [0.5, 0.6) is 11.5 Å². The molecule has 0 unspecified atom stereocenters. The van der Waals surface area contributed by atoms with Gasteiger partial charge in [-0.05, 0) is 46.6 Å². The first-order valence-electron chi connectivity index (χ1n) is 18.1. The highest BCUT2D eigenvalue weighted by atomic mass is 79.9. The third-order valence-electron chi connectivity index (χ3n) is 9.16. The number of halogens is 3. The highest BCUT2D eigenvalue weighted by Gasteiger charge is 2.25. The second-order valence-corrected chi connectivity index (χ2v) is 16.1. The zero-order chi connectivity index (χ0) is 40.8. The van der Waals surface area contributed by atoms with Crippen molar-refractivity contribution in [3.63, 3.8) is 0 Å². The van der Waals surface area contributed by atoms with Gasteiger partial charge in [0.15, 0.2) is 21.6 Å². The molecule has 304 valence electrons. The number of carboxylic acids is 2. The number of imidazole rings is 2. The summed E-state index contributed by atoms with van der Waals surface area (Å²) in [4.78, 5) is 58.0. The molecule has 0 atom stereocenters. The van der Waals surface area contributed by atoms with Crippen LogP contribution in [-0.4, -0.2) is 112 Å². The molecule has 6 heterocycles.